The lowest BCUT2D eigenvalue weighted by Crippen LogP contribution is -2.38. The number of methoxy groups -OCH3 is 1. The predicted octanol–water partition coefficient (Wildman–Crippen LogP) is 3.73. The van der Waals surface area contributed by atoms with Gasteiger partial charge in [0.05, 0.1) is 13.2 Å². The van der Waals surface area contributed by atoms with Gasteiger partial charge in [-0.3, -0.25) is 0 Å². The molecule has 2 amide bonds. The summed E-state index contributed by atoms with van der Waals surface area (Å²) in [5, 5.41) is 6.00. The van der Waals surface area contributed by atoms with E-state index in [1.165, 1.54) is 10.5 Å². The highest BCUT2D eigenvalue weighted by atomic mass is 32.2. The first-order valence-electron chi connectivity index (χ1n) is 7.65. The normalized spacial score (nSPS) is 16.3. The summed E-state index contributed by atoms with van der Waals surface area (Å²) in [5.41, 5.74) is 2.22. The number of rotatable bonds is 4. The maximum atomic E-state index is 12.2. The van der Waals surface area contributed by atoms with Gasteiger partial charge in [0.25, 0.3) is 0 Å². The Balaban J connectivity index is 1.58. The minimum atomic E-state index is -0.139. The fraction of sp³-hybridized carbons (Fsp3) is 0.278. The molecule has 1 heterocycles. The third kappa shape index (κ3) is 3.99. The summed E-state index contributed by atoms with van der Waals surface area (Å²) in [6, 6.07) is 15.9. The molecule has 0 saturated carbocycles. The maximum Gasteiger partial charge on any atom is 0.315 e. The molecule has 0 aliphatic carbocycles. The number of fused-ring (bicyclic) bond motifs is 1. The Morgan fingerprint density at radius 1 is 1.26 bits per heavy atom. The zero-order valence-corrected chi connectivity index (χ0v) is 13.9. The molecule has 3 rings (SSSR count). The summed E-state index contributed by atoms with van der Waals surface area (Å²) in [7, 11) is 1.64. The van der Waals surface area contributed by atoms with Crippen molar-refractivity contribution in [2.45, 2.75) is 23.9 Å². The first-order valence-corrected chi connectivity index (χ1v) is 8.64. The predicted molar refractivity (Wildman–Crippen MR) is 92.9 cm³/mol. The number of benzene rings is 2. The highest BCUT2D eigenvalue weighted by Gasteiger charge is 2.21. The van der Waals surface area contributed by atoms with Crippen LogP contribution in [0.3, 0.4) is 0 Å². The molecule has 0 bridgehead atoms. The lowest BCUT2D eigenvalue weighted by molar-refractivity contribution is 0.236. The Hall–Kier alpha value is -2.14. The van der Waals surface area contributed by atoms with Crippen molar-refractivity contribution in [2.75, 3.05) is 12.9 Å². The van der Waals surface area contributed by atoms with Crippen molar-refractivity contribution in [1.82, 2.24) is 10.6 Å². The van der Waals surface area contributed by atoms with Crippen LogP contribution < -0.4 is 15.4 Å². The van der Waals surface area contributed by atoms with Gasteiger partial charge in [-0.2, -0.15) is 0 Å². The minimum absolute atomic E-state index is 0.0813. The third-order valence-electron chi connectivity index (χ3n) is 3.85. The third-order valence-corrected chi connectivity index (χ3v) is 4.97. The Kier molecular flexibility index (Phi) is 5.08. The molecule has 0 radical (unpaired) electrons. The molecule has 0 aromatic heterocycles. The molecule has 0 unspecified atom stereocenters. The largest absolute Gasteiger partial charge is 0.497 e. The van der Waals surface area contributed by atoms with Crippen LogP contribution in [0.25, 0.3) is 0 Å². The van der Waals surface area contributed by atoms with Gasteiger partial charge in [0.2, 0.25) is 0 Å². The smallest absolute Gasteiger partial charge is 0.315 e. The van der Waals surface area contributed by atoms with Crippen molar-refractivity contribution >= 4 is 17.8 Å². The van der Waals surface area contributed by atoms with Gasteiger partial charge in [0.15, 0.2) is 0 Å². The molecular formula is C18H20N2O2S. The van der Waals surface area contributed by atoms with Gasteiger partial charge in [-0.05, 0) is 35.7 Å². The Bertz CT molecular complexity index is 690. The molecule has 2 aromatic rings. The molecule has 1 aliphatic rings. The number of thioether (sulfide) groups is 1. The summed E-state index contributed by atoms with van der Waals surface area (Å²) < 4.78 is 5.19. The van der Waals surface area contributed by atoms with E-state index in [0.29, 0.717) is 6.54 Å². The number of hydrogen-bond acceptors (Lipinski definition) is 3. The zero-order valence-electron chi connectivity index (χ0n) is 13.0. The Morgan fingerprint density at radius 3 is 3.00 bits per heavy atom. The molecule has 23 heavy (non-hydrogen) atoms. The van der Waals surface area contributed by atoms with Crippen LogP contribution in [0.1, 0.15) is 23.6 Å². The summed E-state index contributed by atoms with van der Waals surface area (Å²) in [6.07, 6.45) is 0.953. The quantitative estimate of drug-likeness (QED) is 0.899. The van der Waals surface area contributed by atoms with Crippen molar-refractivity contribution < 1.29 is 9.53 Å². The average Bonchev–Trinajstić information content (AvgIpc) is 2.60. The summed E-state index contributed by atoms with van der Waals surface area (Å²) in [6.45, 7) is 0.478. The molecule has 5 heteroatoms. The molecule has 0 spiro atoms. The molecule has 0 saturated heterocycles. The number of carbonyl (C=O) groups is 1. The van der Waals surface area contributed by atoms with Crippen molar-refractivity contribution in [3.8, 4) is 5.75 Å². The standard InChI is InChI=1S/C18H20N2O2S/c1-22-14-6-4-5-13(11-14)12-19-18(21)20-16-9-10-23-17-8-3-2-7-15(16)17/h2-8,11,16H,9-10,12H2,1H3,(H2,19,20,21)/t16-/m1/s1. The molecule has 120 valence electrons. The van der Waals surface area contributed by atoms with E-state index in [4.69, 9.17) is 4.74 Å². The van der Waals surface area contributed by atoms with E-state index >= 15 is 0 Å². The van der Waals surface area contributed by atoms with E-state index in [2.05, 4.69) is 22.8 Å². The SMILES string of the molecule is COc1cccc(CNC(=O)N[C@@H]2CCSc3ccccc32)c1. The maximum absolute atomic E-state index is 12.2. The fourth-order valence-corrected chi connectivity index (χ4v) is 3.79. The molecule has 4 nitrogen and oxygen atoms in total. The van der Waals surface area contributed by atoms with Gasteiger partial charge in [-0.15, -0.1) is 11.8 Å². The number of carbonyl (C=O) groups excluding carboxylic acids is 1. The first-order chi connectivity index (χ1) is 11.3. The van der Waals surface area contributed by atoms with Crippen molar-refractivity contribution in [3.05, 3.63) is 59.7 Å². The van der Waals surface area contributed by atoms with Gasteiger partial charge >= 0.3 is 6.03 Å². The number of nitrogens with one attached hydrogen (secondary N) is 2. The van der Waals surface area contributed by atoms with E-state index in [1.54, 1.807) is 7.11 Å². The Labute approximate surface area is 140 Å². The summed E-state index contributed by atoms with van der Waals surface area (Å²) in [5.74, 6) is 1.82. The second kappa shape index (κ2) is 7.42. The van der Waals surface area contributed by atoms with Crippen LogP contribution in [-0.2, 0) is 6.54 Å². The lowest BCUT2D eigenvalue weighted by Gasteiger charge is -2.26. The van der Waals surface area contributed by atoms with Crippen LogP contribution in [0.2, 0.25) is 0 Å². The van der Waals surface area contributed by atoms with Gasteiger partial charge < -0.3 is 15.4 Å². The summed E-state index contributed by atoms with van der Waals surface area (Å²) >= 11 is 1.85. The van der Waals surface area contributed by atoms with Crippen molar-refractivity contribution in [2.24, 2.45) is 0 Å². The van der Waals surface area contributed by atoms with Crippen LogP contribution in [0.15, 0.2) is 53.4 Å². The van der Waals surface area contributed by atoms with E-state index < -0.39 is 0 Å². The van der Waals surface area contributed by atoms with E-state index in [1.807, 2.05) is 48.2 Å². The highest BCUT2D eigenvalue weighted by Crippen LogP contribution is 2.35. The molecule has 1 atom stereocenters. The van der Waals surface area contributed by atoms with E-state index in [-0.39, 0.29) is 12.1 Å². The van der Waals surface area contributed by atoms with Crippen LogP contribution in [0.5, 0.6) is 5.75 Å². The fourth-order valence-electron chi connectivity index (χ4n) is 2.67. The number of hydrogen-bond donors (Lipinski definition) is 2. The molecule has 2 N–H and O–H groups in total. The second-order valence-corrected chi connectivity index (χ2v) is 6.54. The highest BCUT2D eigenvalue weighted by molar-refractivity contribution is 7.99. The lowest BCUT2D eigenvalue weighted by atomic mass is 10.0. The number of ether oxygens (including phenoxy) is 1. The molecule has 2 aromatic carbocycles. The molecule has 0 fully saturated rings. The number of urea groups is 1. The Morgan fingerprint density at radius 2 is 2.13 bits per heavy atom. The monoisotopic (exact) mass is 328 g/mol. The molecular weight excluding hydrogens is 308 g/mol. The first kappa shape index (κ1) is 15.7. The van der Waals surface area contributed by atoms with E-state index in [0.717, 1.165) is 23.5 Å². The number of amides is 2. The van der Waals surface area contributed by atoms with E-state index in [9.17, 15) is 4.79 Å². The van der Waals surface area contributed by atoms with Gasteiger partial charge in [0.1, 0.15) is 5.75 Å². The topological polar surface area (TPSA) is 50.4 Å². The van der Waals surface area contributed by atoms with Gasteiger partial charge in [0, 0.05) is 17.2 Å². The zero-order chi connectivity index (χ0) is 16.1. The van der Waals surface area contributed by atoms with Crippen molar-refractivity contribution in [1.29, 1.82) is 0 Å². The van der Waals surface area contributed by atoms with Crippen LogP contribution in [-0.4, -0.2) is 18.9 Å². The second-order valence-electron chi connectivity index (χ2n) is 5.41. The molecule has 1 aliphatic heterocycles. The van der Waals surface area contributed by atoms with Crippen LogP contribution >= 0.6 is 11.8 Å². The minimum Gasteiger partial charge on any atom is -0.497 e. The van der Waals surface area contributed by atoms with Gasteiger partial charge in [-0.1, -0.05) is 30.3 Å². The van der Waals surface area contributed by atoms with Crippen molar-refractivity contribution in [3.63, 3.8) is 0 Å². The van der Waals surface area contributed by atoms with Crippen LogP contribution in [0, 0.1) is 0 Å². The van der Waals surface area contributed by atoms with Crippen LogP contribution in [0.4, 0.5) is 4.79 Å². The van der Waals surface area contributed by atoms with Gasteiger partial charge in [-0.25, -0.2) is 4.79 Å². The summed E-state index contributed by atoms with van der Waals surface area (Å²) in [4.78, 5) is 13.4. The average molecular weight is 328 g/mol.